The molecule has 0 aliphatic carbocycles. The predicted octanol–water partition coefficient (Wildman–Crippen LogP) is -0.279. The number of aromatic nitrogens is 2. The van der Waals surface area contributed by atoms with Crippen LogP contribution in [0.4, 0.5) is 0 Å². The van der Waals surface area contributed by atoms with Gasteiger partial charge in [-0.3, -0.25) is 4.84 Å². The van der Waals surface area contributed by atoms with E-state index < -0.39 is 0 Å². The molecule has 1 heterocycles. The standard InChI is InChI=1S/C4H7N3O2/c1-5-8-2-4-6-3-9-7-4/h3,5H,2H2,1H3. The van der Waals surface area contributed by atoms with E-state index in [2.05, 4.69) is 20.1 Å². The van der Waals surface area contributed by atoms with E-state index in [0.717, 1.165) is 0 Å². The molecule has 0 aliphatic heterocycles. The number of hydrogen-bond donors (Lipinski definition) is 1. The Labute approximate surface area is 52.0 Å². The van der Waals surface area contributed by atoms with Crippen LogP contribution >= 0.6 is 0 Å². The summed E-state index contributed by atoms with van der Waals surface area (Å²) in [6.07, 6.45) is 1.26. The van der Waals surface area contributed by atoms with E-state index in [-0.39, 0.29) is 0 Å². The third-order valence-electron chi connectivity index (χ3n) is 0.753. The van der Waals surface area contributed by atoms with Crippen molar-refractivity contribution >= 4 is 0 Å². The van der Waals surface area contributed by atoms with Gasteiger partial charge in [0.15, 0.2) is 5.82 Å². The molecular formula is C4H7N3O2. The van der Waals surface area contributed by atoms with Gasteiger partial charge in [-0.15, -0.1) is 0 Å². The molecule has 0 fully saturated rings. The van der Waals surface area contributed by atoms with Crippen LogP contribution in [0.5, 0.6) is 0 Å². The third-order valence-corrected chi connectivity index (χ3v) is 0.753. The summed E-state index contributed by atoms with van der Waals surface area (Å²) in [5, 5.41) is 3.50. The molecule has 0 amide bonds. The zero-order valence-corrected chi connectivity index (χ0v) is 5.00. The fraction of sp³-hybridized carbons (Fsp3) is 0.500. The number of hydrogen-bond acceptors (Lipinski definition) is 5. The normalized spacial score (nSPS) is 9.89. The zero-order valence-electron chi connectivity index (χ0n) is 5.00. The topological polar surface area (TPSA) is 60.2 Å². The Morgan fingerprint density at radius 3 is 3.33 bits per heavy atom. The molecule has 5 nitrogen and oxygen atoms in total. The minimum Gasteiger partial charge on any atom is -0.343 e. The van der Waals surface area contributed by atoms with Crippen LogP contribution < -0.4 is 5.48 Å². The minimum absolute atomic E-state index is 0.326. The Hall–Kier alpha value is -0.940. The summed E-state index contributed by atoms with van der Waals surface area (Å²) >= 11 is 0. The van der Waals surface area contributed by atoms with Gasteiger partial charge in [0.05, 0.1) is 0 Å². The van der Waals surface area contributed by atoms with Gasteiger partial charge in [-0.25, -0.2) is 5.48 Å². The predicted molar refractivity (Wildman–Crippen MR) is 28.1 cm³/mol. The van der Waals surface area contributed by atoms with Gasteiger partial charge in [-0.2, -0.15) is 4.98 Å². The van der Waals surface area contributed by atoms with Crippen LogP contribution in [-0.2, 0) is 11.4 Å². The molecule has 0 saturated carbocycles. The first-order valence-corrected chi connectivity index (χ1v) is 2.47. The molecular weight excluding hydrogens is 122 g/mol. The molecule has 1 aromatic rings. The Balaban J connectivity index is 2.30. The molecule has 5 heteroatoms. The van der Waals surface area contributed by atoms with Gasteiger partial charge in [0.1, 0.15) is 6.61 Å². The smallest absolute Gasteiger partial charge is 0.213 e. The van der Waals surface area contributed by atoms with Gasteiger partial charge >= 0.3 is 0 Å². The van der Waals surface area contributed by atoms with Gasteiger partial charge in [0, 0.05) is 7.05 Å². The largest absolute Gasteiger partial charge is 0.343 e. The molecule has 0 saturated heterocycles. The van der Waals surface area contributed by atoms with Crippen molar-refractivity contribution in [1.82, 2.24) is 15.6 Å². The van der Waals surface area contributed by atoms with E-state index in [1.807, 2.05) is 0 Å². The van der Waals surface area contributed by atoms with Crippen molar-refractivity contribution in [3.8, 4) is 0 Å². The van der Waals surface area contributed by atoms with Gasteiger partial charge in [-0.1, -0.05) is 5.16 Å². The summed E-state index contributed by atoms with van der Waals surface area (Å²) in [5.74, 6) is 0.532. The third kappa shape index (κ3) is 1.79. The van der Waals surface area contributed by atoms with E-state index in [0.29, 0.717) is 12.4 Å². The summed E-state index contributed by atoms with van der Waals surface area (Å²) in [7, 11) is 1.67. The lowest BCUT2D eigenvalue weighted by Gasteiger charge is -1.92. The molecule has 1 N–H and O–H groups in total. The highest BCUT2D eigenvalue weighted by Gasteiger charge is 1.94. The maximum Gasteiger partial charge on any atom is 0.213 e. The zero-order chi connectivity index (χ0) is 6.53. The highest BCUT2D eigenvalue weighted by Crippen LogP contribution is 1.87. The van der Waals surface area contributed by atoms with Crippen LogP contribution in [0.25, 0.3) is 0 Å². The summed E-state index contributed by atoms with van der Waals surface area (Å²) in [6.45, 7) is 0.326. The average Bonchev–Trinajstić information content (AvgIpc) is 2.34. The van der Waals surface area contributed by atoms with Gasteiger partial charge in [0.25, 0.3) is 0 Å². The maximum atomic E-state index is 4.74. The Bertz CT molecular complexity index is 151. The molecule has 0 aromatic carbocycles. The van der Waals surface area contributed by atoms with Crippen molar-refractivity contribution in [3.05, 3.63) is 12.2 Å². The fourth-order valence-electron chi connectivity index (χ4n) is 0.393. The van der Waals surface area contributed by atoms with Crippen LogP contribution in [0.15, 0.2) is 10.9 Å². The molecule has 0 unspecified atom stereocenters. The lowest BCUT2D eigenvalue weighted by Crippen LogP contribution is -2.07. The number of rotatable bonds is 3. The summed E-state index contributed by atoms with van der Waals surface area (Å²) < 4.78 is 4.44. The first kappa shape index (κ1) is 6.18. The van der Waals surface area contributed by atoms with E-state index in [1.54, 1.807) is 7.05 Å². The second-order valence-corrected chi connectivity index (χ2v) is 1.34. The minimum atomic E-state index is 0.326. The molecule has 50 valence electrons. The van der Waals surface area contributed by atoms with Crippen LogP contribution in [0.1, 0.15) is 5.82 Å². The van der Waals surface area contributed by atoms with Gasteiger partial charge in [-0.05, 0) is 0 Å². The molecule has 9 heavy (non-hydrogen) atoms. The van der Waals surface area contributed by atoms with E-state index in [1.165, 1.54) is 6.39 Å². The van der Waals surface area contributed by atoms with E-state index in [4.69, 9.17) is 4.84 Å². The van der Waals surface area contributed by atoms with Crippen molar-refractivity contribution in [2.75, 3.05) is 7.05 Å². The number of hydroxylamine groups is 1. The van der Waals surface area contributed by atoms with Crippen molar-refractivity contribution in [2.24, 2.45) is 0 Å². The molecule has 1 rings (SSSR count). The van der Waals surface area contributed by atoms with E-state index >= 15 is 0 Å². The fourth-order valence-corrected chi connectivity index (χ4v) is 0.393. The SMILES string of the molecule is CNOCc1ncon1. The molecule has 0 radical (unpaired) electrons. The molecule has 1 aromatic heterocycles. The lowest BCUT2D eigenvalue weighted by molar-refractivity contribution is 0.0391. The van der Waals surface area contributed by atoms with Crippen molar-refractivity contribution in [3.63, 3.8) is 0 Å². The number of nitrogens with one attached hydrogen (secondary N) is 1. The molecule has 0 atom stereocenters. The first-order valence-electron chi connectivity index (χ1n) is 2.47. The van der Waals surface area contributed by atoms with Crippen molar-refractivity contribution in [2.45, 2.75) is 6.61 Å². The highest BCUT2D eigenvalue weighted by atomic mass is 16.6. The number of nitrogens with zero attached hydrogens (tertiary/aromatic N) is 2. The Kier molecular flexibility index (Phi) is 2.17. The Morgan fingerprint density at radius 2 is 2.78 bits per heavy atom. The second kappa shape index (κ2) is 3.16. The van der Waals surface area contributed by atoms with Gasteiger partial charge < -0.3 is 4.52 Å². The molecule has 0 spiro atoms. The summed E-state index contributed by atoms with van der Waals surface area (Å²) in [4.78, 5) is 8.45. The molecule has 0 bridgehead atoms. The monoisotopic (exact) mass is 129 g/mol. The highest BCUT2D eigenvalue weighted by molar-refractivity contribution is 4.71. The van der Waals surface area contributed by atoms with E-state index in [9.17, 15) is 0 Å². The summed E-state index contributed by atoms with van der Waals surface area (Å²) in [5.41, 5.74) is 2.48. The van der Waals surface area contributed by atoms with Gasteiger partial charge in [0.2, 0.25) is 6.39 Å². The average molecular weight is 129 g/mol. The molecule has 0 aliphatic rings. The first-order chi connectivity index (χ1) is 4.43. The maximum absolute atomic E-state index is 4.74. The van der Waals surface area contributed by atoms with Crippen LogP contribution in [0.3, 0.4) is 0 Å². The summed E-state index contributed by atoms with van der Waals surface area (Å²) in [6, 6.07) is 0. The van der Waals surface area contributed by atoms with Crippen LogP contribution in [0.2, 0.25) is 0 Å². The van der Waals surface area contributed by atoms with Crippen LogP contribution in [0, 0.1) is 0 Å². The van der Waals surface area contributed by atoms with Crippen molar-refractivity contribution < 1.29 is 9.36 Å². The van der Waals surface area contributed by atoms with Crippen molar-refractivity contribution in [1.29, 1.82) is 0 Å². The van der Waals surface area contributed by atoms with Crippen LogP contribution in [-0.4, -0.2) is 17.2 Å². The lowest BCUT2D eigenvalue weighted by atomic mass is 10.7. The Morgan fingerprint density at radius 1 is 1.89 bits per heavy atom. The second-order valence-electron chi connectivity index (χ2n) is 1.34. The quantitative estimate of drug-likeness (QED) is 0.569.